The molecule has 0 N–H and O–H groups in total. The van der Waals surface area contributed by atoms with E-state index in [9.17, 15) is 9.59 Å². The van der Waals surface area contributed by atoms with Crippen molar-refractivity contribution in [2.24, 2.45) is 10.8 Å². The molecule has 0 amide bonds. The molecule has 1 aliphatic carbocycles. The summed E-state index contributed by atoms with van der Waals surface area (Å²) < 4.78 is 11.5. The Morgan fingerprint density at radius 2 is 1.18 bits per heavy atom. The molecular weight excluding hydrogens is 280 g/mol. The molecule has 0 aromatic heterocycles. The summed E-state index contributed by atoms with van der Waals surface area (Å²) in [7, 11) is 0. The molecule has 0 radical (unpaired) electrons. The molecule has 1 rings (SSSR count). The Morgan fingerprint density at radius 1 is 0.818 bits per heavy atom. The Balaban J connectivity index is 2.92. The lowest BCUT2D eigenvalue weighted by atomic mass is 9.88. The van der Waals surface area contributed by atoms with Crippen molar-refractivity contribution in [2.75, 3.05) is 0 Å². The van der Waals surface area contributed by atoms with Crippen LogP contribution in [0.4, 0.5) is 0 Å². The molecule has 22 heavy (non-hydrogen) atoms. The molecule has 0 heterocycles. The number of carbonyl (C=O) groups is 2. The third-order valence-corrected chi connectivity index (χ3v) is 5.05. The van der Waals surface area contributed by atoms with Gasteiger partial charge in [0.05, 0.1) is 10.8 Å². The van der Waals surface area contributed by atoms with Crippen LogP contribution in [0.5, 0.6) is 0 Å². The van der Waals surface area contributed by atoms with Gasteiger partial charge in [0.25, 0.3) is 5.79 Å². The average molecular weight is 312 g/mol. The highest BCUT2D eigenvalue weighted by molar-refractivity contribution is 5.78. The summed E-state index contributed by atoms with van der Waals surface area (Å²) in [6, 6.07) is 0. The normalized spacial score (nSPS) is 18.6. The first kappa shape index (κ1) is 19.0. The van der Waals surface area contributed by atoms with Crippen molar-refractivity contribution < 1.29 is 19.1 Å². The van der Waals surface area contributed by atoms with E-state index in [1.807, 2.05) is 41.5 Å². The lowest BCUT2D eigenvalue weighted by Crippen LogP contribution is -2.46. The molecule has 1 fully saturated rings. The van der Waals surface area contributed by atoms with E-state index >= 15 is 0 Å². The Labute approximate surface area is 134 Å². The number of carbonyl (C=O) groups excluding carboxylic acids is 2. The molecule has 0 bridgehead atoms. The van der Waals surface area contributed by atoms with Gasteiger partial charge in [0.2, 0.25) is 0 Å². The highest BCUT2D eigenvalue weighted by Crippen LogP contribution is 2.38. The monoisotopic (exact) mass is 312 g/mol. The molecule has 0 aromatic carbocycles. The van der Waals surface area contributed by atoms with Crippen LogP contribution in [0.25, 0.3) is 0 Å². The molecule has 0 atom stereocenters. The average Bonchev–Trinajstić information content (AvgIpc) is 2.47. The maximum atomic E-state index is 12.5. The predicted molar refractivity (Wildman–Crippen MR) is 86.1 cm³/mol. The minimum Gasteiger partial charge on any atom is -0.422 e. The van der Waals surface area contributed by atoms with Gasteiger partial charge in [0.15, 0.2) is 0 Å². The summed E-state index contributed by atoms with van der Waals surface area (Å²) >= 11 is 0. The van der Waals surface area contributed by atoms with E-state index in [0.29, 0.717) is 25.7 Å². The smallest absolute Gasteiger partial charge is 0.314 e. The first-order valence-electron chi connectivity index (χ1n) is 8.55. The zero-order valence-electron chi connectivity index (χ0n) is 15.1. The number of hydrogen-bond acceptors (Lipinski definition) is 4. The minimum atomic E-state index is -1.06. The van der Waals surface area contributed by atoms with Crippen LogP contribution in [0.2, 0.25) is 0 Å². The largest absolute Gasteiger partial charge is 0.422 e. The third-order valence-electron chi connectivity index (χ3n) is 5.05. The predicted octanol–water partition coefficient (Wildman–Crippen LogP) is 4.61. The fourth-order valence-electron chi connectivity index (χ4n) is 2.22. The highest BCUT2D eigenvalue weighted by atomic mass is 16.7. The topological polar surface area (TPSA) is 52.6 Å². The summed E-state index contributed by atoms with van der Waals surface area (Å²) in [6.45, 7) is 11.4. The quantitative estimate of drug-likeness (QED) is 0.531. The van der Waals surface area contributed by atoms with Gasteiger partial charge in [-0.25, -0.2) is 0 Å². The van der Waals surface area contributed by atoms with E-state index in [4.69, 9.17) is 9.47 Å². The molecule has 0 aromatic rings. The van der Waals surface area contributed by atoms with Gasteiger partial charge in [0, 0.05) is 12.8 Å². The molecule has 0 saturated heterocycles. The lowest BCUT2D eigenvalue weighted by molar-refractivity contribution is -0.249. The molecule has 128 valence electrons. The van der Waals surface area contributed by atoms with Gasteiger partial charge in [-0.05, 0) is 53.4 Å². The summed E-state index contributed by atoms with van der Waals surface area (Å²) in [5.74, 6) is -1.62. The molecule has 1 aliphatic rings. The van der Waals surface area contributed by atoms with Gasteiger partial charge in [0.1, 0.15) is 0 Å². The standard InChI is InChI=1S/C18H32O4/c1-7-16(3,4)14(19)21-18(12-10-9-11-13-18)22-15(20)17(5,6)8-2/h7-13H2,1-6H3. The Bertz CT molecular complexity index is 371. The van der Waals surface area contributed by atoms with Crippen molar-refractivity contribution in [3.05, 3.63) is 0 Å². The van der Waals surface area contributed by atoms with E-state index in [1.54, 1.807) is 0 Å². The fraction of sp³-hybridized carbons (Fsp3) is 0.889. The van der Waals surface area contributed by atoms with E-state index < -0.39 is 16.6 Å². The van der Waals surface area contributed by atoms with Gasteiger partial charge in [-0.3, -0.25) is 9.59 Å². The second-order valence-electron chi connectivity index (χ2n) is 7.73. The molecule has 0 spiro atoms. The SMILES string of the molecule is CCC(C)(C)C(=O)OC1(OC(=O)C(C)(C)CC)CCCCC1. The lowest BCUT2D eigenvalue weighted by Gasteiger charge is -2.39. The summed E-state index contributed by atoms with van der Waals surface area (Å²) in [6.07, 6.45) is 5.51. The molecular formula is C18H32O4. The van der Waals surface area contributed by atoms with Crippen molar-refractivity contribution in [1.82, 2.24) is 0 Å². The van der Waals surface area contributed by atoms with Crippen molar-refractivity contribution in [3.63, 3.8) is 0 Å². The molecule has 4 nitrogen and oxygen atoms in total. The summed E-state index contributed by atoms with van der Waals surface area (Å²) in [5.41, 5.74) is -1.12. The van der Waals surface area contributed by atoms with Crippen LogP contribution < -0.4 is 0 Å². The molecule has 0 aliphatic heterocycles. The molecule has 1 saturated carbocycles. The second kappa shape index (κ2) is 7.01. The summed E-state index contributed by atoms with van der Waals surface area (Å²) in [4.78, 5) is 24.9. The first-order chi connectivity index (χ1) is 10.1. The highest BCUT2D eigenvalue weighted by Gasteiger charge is 2.45. The van der Waals surface area contributed by atoms with Gasteiger partial charge < -0.3 is 9.47 Å². The maximum Gasteiger partial charge on any atom is 0.314 e. The van der Waals surface area contributed by atoms with E-state index in [0.717, 1.165) is 19.3 Å². The zero-order chi connectivity index (χ0) is 17.0. The first-order valence-corrected chi connectivity index (χ1v) is 8.55. The maximum absolute atomic E-state index is 12.5. The van der Waals surface area contributed by atoms with Crippen LogP contribution in [0.1, 0.15) is 86.5 Å². The van der Waals surface area contributed by atoms with E-state index in [-0.39, 0.29) is 11.9 Å². The number of ether oxygens (including phenoxy) is 2. The van der Waals surface area contributed by atoms with Crippen molar-refractivity contribution in [3.8, 4) is 0 Å². The van der Waals surface area contributed by atoms with Crippen LogP contribution in [0.15, 0.2) is 0 Å². The van der Waals surface area contributed by atoms with Gasteiger partial charge in [-0.15, -0.1) is 0 Å². The van der Waals surface area contributed by atoms with Crippen LogP contribution >= 0.6 is 0 Å². The fourth-order valence-corrected chi connectivity index (χ4v) is 2.22. The van der Waals surface area contributed by atoms with Crippen LogP contribution in [-0.4, -0.2) is 17.7 Å². The Hall–Kier alpha value is -1.06. The number of esters is 2. The Morgan fingerprint density at radius 3 is 1.50 bits per heavy atom. The van der Waals surface area contributed by atoms with Gasteiger partial charge in [-0.1, -0.05) is 20.3 Å². The van der Waals surface area contributed by atoms with Crippen LogP contribution in [0.3, 0.4) is 0 Å². The van der Waals surface area contributed by atoms with Crippen molar-refractivity contribution in [1.29, 1.82) is 0 Å². The number of rotatable bonds is 6. The molecule has 0 unspecified atom stereocenters. The minimum absolute atomic E-state index is 0.279. The van der Waals surface area contributed by atoms with Crippen LogP contribution in [0, 0.1) is 10.8 Å². The van der Waals surface area contributed by atoms with Gasteiger partial charge in [-0.2, -0.15) is 0 Å². The Kier molecular flexibility index (Phi) is 6.05. The third kappa shape index (κ3) is 4.47. The summed E-state index contributed by atoms with van der Waals surface area (Å²) in [5, 5.41) is 0. The van der Waals surface area contributed by atoms with E-state index in [1.165, 1.54) is 0 Å². The van der Waals surface area contributed by atoms with Crippen molar-refractivity contribution in [2.45, 2.75) is 92.3 Å². The van der Waals surface area contributed by atoms with Gasteiger partial charge >= 0.3 is 11.9 Å². The van der Waals surface area contributed by atoms with Crippen molar-refractivity contribution >= 4 is 11.9 Å². The van der Waals surface area contributed by atoms with Crippen LogP contribution in [-0.2, 0) is 19.1 Å². The molecule has 4 heteroatoms. The number of hydrogen-bond donors (Lipinski definition) is 0. The second-order valence-corrected chi connectivity index (χ2v) is 7.73. The van der Waals surface area contributed by atoms with E-state index in [2.05, 4.69) is 0 Å². The zero-order valence-corrected chi connectivity index (χ0v) is 15.1.